The summed E-state index contributed by atoms with van der Waals surface area (Å²) >= 11 is 12.7. The van der Waals surface area contributed by atoms with Crippen LogP contribution in [0.15, 0.2) is 28.8 Å². The minimum absolute atomic E-state index is 0.173. The summed E-state index contributed by atoms with van der Waals surface area (Å²) in [6.07, 6.45) is 0. The maximum absolute atomic E-state index is 13.1. The highest BCUT2D eigenvalue weighted by Gasteiger charge is 2.26. The molecule has 0 aromatic heterocycles. The SMILES string of the molecule is CN1Sc2ccc(F)cc2C(Cl)=C1C(=O)Cl. The summed E-state index contributed by atoms with van der Waals surface area (Å²) < 4.78 is 14.6. The van der Waals surface area contributed by atoms with Crippen molar-refractivity contribution in [3.05, 3.63) is 35.3 Å². The fraction of sp³-hybridized carbons (Fsp3) is 0.100. The molecule has 6 heteroatoms. The van der Waals surface area contributed by atoms with Crippen molar-refractivity contribution in [3.63, 3.8) is 0 Å². The smallest absolute Gasteiger partial charge is 0.270 e. The van der Waals surface area contributed by atoms with Gasteiger partial charge in [0.25, 0.3) is 5.24 Å². The second kappa shape index (κ2) is 4.28. The minimum atomic E-state index is -0.657. The Hall–Kier alpha value is -0.710. The first kappa shape index (κ1) is 11.8. The Morgan fingerprint density at radius 2 is 2.19 bits per heavy atom. The van der Waals surface area contributed by atoms with Gasteiger partial charge in [-0.15, -0.1) is 0 Å². The van der Waals surface area contributed by atoms with E-state index in [1.165, 1.54) is 24.1 Å². The number of fused-ring (bicyclic) bond motifs is 1. The molecule has 0 saturated carbocycles. The van der Waals surface area contributed by atoms with Crippen molar-refractivity contribution in [1.29, 1.82) is 0 Å². The molecule has 1 aliphatic rings. The maximum Gasteiger partial charge on any atom is 0.270 e. The van der Waals surface area contributed by atoms with Gasteiger partial charge in [0.2, 0.25) is 0 Å². The molecule has 0 amide bonds. The van der Waals surface area contributed by atoms with Gasteiger partial charge in [-0.1, -0.05) is 11.6 Å². The van der Waals surface area contributed by atoms with Gasteiger partial charge in [0, 0.05) is 17.5 Å². The molecule has 0 aliphatic carbocycles. The van der Waals surface area contributed by atoms with Crippen LogP contribution >= 0.6 is 35.1 Å². The summed E-state index contributed by atoms with van der Waals surface area (Å²) in [4.78, 5) is 12.0. The molecule has 84 valence electrons. The van der Waals surface area contributed by atoms with Crippen LogP contribution in [0.1, 0.15) is 5.56 Å². The third-order valence-electron chi connectivity index (χ3n) is 2.12. The zero-order valence-electron chi connectivity index (χ0n) is 8.13. The van der Waals surface area contributed by atoms with Crippen LogP contribution in [0, 0.1) is 5.82 Å². The van der Waals surface area contributed by atoms with Crippen LogP contribution in [0.4, 0.5) is 4.39 Å². The molecule has 16 heavy (non-hydrogen) atoms. The number of rotatable bonds is 1. The number of halogens is 3. The largest absolute Gasteiger partial charge is 0.310 e. The number of allylic oxidation sites excluding steroid dienone is 1. The van der Waals surface area contributed by atoms with Crippen molar-refractivity contribution in [2.45, 2.75) is 4.90 Å². The molecular formula is C10H6Cl2FNOS. The maximum atomic E-state index is 13.1. The second-order valence-corrected chi connectivity index (χ2v) is 5.06. The normalized spacial score (nSPS) is 15.1. The van der Waals surface area contributed by atoms with Gasteiger partial charge in [-0.2, -0.15) is 0 Å². The minimum Gasteiger partial charge on any atom is -0.310 e. The monoisotopic (exact) mass is 277 g/mol. The molecule has 1 aromatic carbocycles. The van der Waals surface area contributed by atoms with E-state index in [-0.39, 0.29) is 10.7 Å². The average Bonchev–Trinajstić information content (AvgIpc) is 2.19. The van der Waals surface area contributed by atoms with E-state index in [1.807, 2.05) is 0 Å². The zero-order chi connectivity index (χ0) is 11.9. The summed E-state index contributed by atoms with van der Waals surface area (Å²) in [6.45, 7) is 0. The summed E-state index contributed by atoms with van der Waals surface area (Å²) in [6, 6.07) is 4.25. The van der Waals surface area contributed by atoms with E-state index in [4.69, 9.17) is 23.2 Å². The van der Waals surface area contributed by atoms with E-state index >= 15 is 0 Å². The van der Waals surface area contributed by atoms with E-state index < -0.39 is 11.1 Å². The van der Waals surface area contributed by atoms with Gasteiger partial charge in [-0.05, 0) is 41.7 Å². The first-order valence-electron chi connectivity index (χ1n) is 4.32. The van der Waals surface area contributed by atoms with E-state index in [9.17, 15) is 9.18 Å². The summed E-state index contributed by atoms with van der Waals surface area (Å²) in [5.41, 5.74) is 0.667. The quantitative estimate of drug-likeness (QED) is 0.579. The van der Waals surface area contributed by atoms with E-state index in [0.29, 0.717) is 5.56 Å². The summed E-state index contributed by atoms with van der Waals surface area (Å²) in [5, 5.41) is -0.481. The van der Waals surface area contributed by atoms with Gasteiger partial charge in [0.05, 0.1) is 5.03 Å². The van der Waals surface area contributed by atoms with Crippen LogP contribution in [0.3, 0.4) is 0 Å². The molecule has 0 spiro atoms. The van der Waals surface area contributed by atoms with Crippen molar-refractivity contribution in [2.75, 3.05) is 7.05 Å². The molecule has 0 bridgehead atoms. The average molecular weight is 278 g/mol. The molecular weight excluding hydrogens is 272 g/mol. The molecule has 0 saturated heterocycles. The lowest BCUT2D eigenvalue weighted by atomic mass is 10.2. The van der Waals surface area contributed by atoms with Gasteiger partial charge in [0.15, 0.2) is 0 Å². The third-order valence-corrected chi connectivity index (χ3v) is 3.69. The first-order chi connectivity index (χ1) is 7.50. The van der Waals surface area contributed by atoms with Gasteiger partial charge in [-0.25, -0.2) is 4.39 Å². The van der Waals surface area contributed by atoms with Crippen molar-refractivity contribution < 1.29 is 9.18 Å². The lowest BCUT2D eigenvalue weighted by molar-refractivity contribution is -0.109. The van der Waals surface area contributed by atoms with Crippen LogP contribution in [0.25, 0.3) is 5.03 Å². The number of hydrogen-bond acceptors (Lipinski definition) is 3. The number of nitrogens with zero attached hydrogens (tertiary/aromatic N) is 1. The van der Waals surface area contributed by atoms with Gasteiger partial charge >= 0.3 is 0 Å². The number of likely N-dealkylation sites (N-methyl/N-ethyl adjacent to an activating group) is 1. The molecule has 0 atom stereocenters. The van der Waals surface area contributed by atoms with Crippen LogP contribution in [0.5, 0.6) is 0 Å². The van der Waals surface area contributed by atoms with Crippen molar-refractivity contribution in [3.8, 4) is 0 Å². The van der Waals surface area contributed by atoms with Crippen molar-refractivity contribution >= 4 is 45.4 Å². The number of carbonyl (C=O) groups is 1. The predicted octanol–water partition coefficient (Wildman–Crippen LogP) is 3.45. The Kier molecular flexibility index (Phi) is 3.15. The standard InChI is InChI=1S/C10H6Cl2FNOS/c1-14-9(10(12)15)8(11)6-4-5(13)2-3-7(6)16-14/h2-4H,1H3. The van der Waals surface area contributed by atoms with Gasteiger partial charge in [0.1, 0.15) is 11.5 Å². The fourth-order valence-corrected chi connectivity index (χ4v) is 3.17. The topological polar surface area (TPSA) is 20.3 Å². The molecule has 1 heterocycles. The Morgan fingerprint density at radius 1 is 1.50 bits per heavy atom. The first-order valence-corrected chi connectivity index (χ1v) is 5.85. The molecule has 0 fully saturated rings. The molecule has 0 unspecified atom stereocenters. The number of benzene rings is 1. The number of hydrogen-bond donors (Lipinski definition) is 0. The Bertz CT molecular complexity index is 504. The highest BCUT2D eigenvalue weighted by atomic mass is 35.5. The highest BCUT2D eigenvalue weighted by molar-refractivity contribution is 7.97. The Balaban J connectivity index is 2.64. The van der Waals surface area contributed by atoms with Gasteiger partial charge < -0.3 is 4.31 Å². The van der Waals surface area contributed by atoms with Crippen molar-refractivity contribution in [1.82, 2.24) is 4.31 Å². The highest BCUT2D eigenvalue weighted by Crippen LogP contribution is 2.42. The molecule has 0 N–H and O–H groups in total. The molecule has 2 rings (SSSR count). The van der Waals surface area contributed by atoms with Crippen LogP contribution in [0.2, 0.25) is 0 Å². The number of carbonyl (C=O) groups excluding carboxylic acids is 1. The Labute approximate surface area is 106 Å². The lowest BCUT2D eigenvalue weighted by Crippen LogP contribution is -2.18. The van der Waals surface area contributed by atoms with E-state index in [0.717, 1.165) is 4.90 Å². The van der Waals surface area contributed by atoms with Crippen LogP contribution in [-0.4, -0.2) is 16.6 Å². The van der Waals surface area contributed by atoms with Gasteiger partial charge in [-0.3, -0.25) is 4.79 Å². The zero-order valence-corrected chi connectivity index (χ0v) is 10.5. The summed E-state index contributed by atoms with van der Waals surface area (Å²) in [5.74, 6) is -0.400. The van der Waals surface area contributed by atoms with Crippen molar-refractivity contribution in [2.24, 2.45) is 0 Å². The molecule has 0 radical (unpaired) electrons. The Morgan fingerprint density at radius 3 is 2.81 bits per heavy atom. The molecule has 1 aromatic rings. The fourth-order valence-electron chi connectivity index (χ4n) is 1.42. The predicted molar refractivity (Wildman–Crippen MR) is 63.7 cm³/mol. The van der Waals surface area contributed by atoms with E-state index in [1.54, 1.807) is 17.4 Å². The third kappa shape index (κ3) is 1.93. The second-order valence-electron chi connectivity index (χ2n) is 3.17. The lowest BCUT2D eigenvalue weighted by Gasteiger charge is -2.26. The molecule has 1 aliphatic heterocycles. The molecule has 2 nitrogen and oxygen atoms in total. The summed E-state index contributed by atoms with van der Waals surface area (Å²) in [7, 11) is 1.68. The van der Waals surface area contributed by atoms with Crippen LogP contribution < -0.4 is 0 Å². The van der Waals surface area contributed by atoms with Crippen LogP contribution in [-0.2, 0) is 4.79 Å². The van der Waals surface area contributed by atoms with E-state index in [2.05, 4.69) is 0 Å².